The van der Waals surface area contributed by atoms with Gasteiger partial charge in [-0.2, -0.15) is 0 Å². The summed E-state index contributed by atoms with van der Waals surface area (Å²) in [4.78, 5) is 12.7. The van der Waals surface area contributed by atoms with Gasteiger partial charge in [-0.05, 0) is 47.0 Å². The Morgan fingerprint density at radius 2 is 1.70 bits per heavy atom. The van der Waals surface area contributed by atoms with Crippen molar-refractivity contribution in [2.75, 3.05) is 0 Å². The number of carbonyl (C=O) groups is 1. The molecule has 0 aliphatic carbocycles. The van der Waals surface area contributed by atoms with E-state index in [1.165, 1.54) is 11.8 Å². The molecule has 0 radical (unpaired) electrons. The molecule has 3 nitrogen and oxygen atoms in total. The normalized spacial score (nSPS) is 14.8. The topological polar surface area (TPSA) is 38.3 Å². The Balaban J connectivity index is 1.71. The van der Waals surface area contributed by atoms with Gasteiger partial charge in [-0.3, -0.25) is 4.79 Å². The van der Waals surface area contributed by atoms with Crippen molar-refractivity contribution < 1.29 is 9.53 Å². The van der Waals surface area contributed by atoms with E-state index in [1.54, 1.807) is 12.1 Å². The van der Waals surface area contributed by atoms with Gasteiger partial charge in [-0.25, -0.2) is 0 Å². The highest BCUT2D eigenvalue weighted by molar-refractivity contribution is 8.26. The summed E-state index contributed by atoms with van der Waals surface area (Å²) in [6.07, 6.45) is 1.79. The van der Waals surface area contributed by atoms with Gasteiger partial charge < -0.3 is 10.1 Å². The number of carbonyl (C=O) groups excluding carboxylic acids is 1. The summed E-state index contributed by atoms with van der Waals surface area (Å²) < 4.78 is 6.51. The number of halogens is 2. The number of thiocarbonyl (C=S) groups is 1. The highest BCUT2D eigenvalue weighted by Gasteiger charge is 2.22. The lowest BCUT2D eigenvalue weighted by molar-refractivity contribution is -0.115. The number of thioether (sulfide) groups is 1. The molecule has 30 heavy (non-hydrogen) atoms. The van der Waals surface area contributed by atoms with Crippen LogP contribution in [0.2, 0.25) is 10.0 Å². The van der Waals surface area contributed by atoms with Crippen molar-refractivity contribution in [3.63, 3.8) is 0 Å². The molecule has 1 saturated heterocycles. The molecule has 1 heterocycles. The minimum absolute atomic E-state index is 0.209. The first-order valence-corrected chi connectivity index (χ1v) is 11.0. The summed E-state index contributed by atoms with van der Waals surface area (Å²) >= 11 is 18.6. The number of ether oxygens (including phenoxy) is 1. The fourth-order valence-electron chi connectivity index (χ4n) is 2.95. The van der Waals surface area contributed by atoms with Gasteiger partial charge in [0.25, 0.3) is 5.91 Å². The van der Waals surface area contributed by atoms with Crippen molar-refractivity contribution in [1.82, 2.24) is 5.32 Å². The third kappa shape index (κ3) is 4.87. The second-order valence-electron chi connectivity index (χ2n) is 6.51. The van der Waals surface area contributed by atoms with E-state index in [-0.39, 0.29) is 5.91 Å². The Morgan fingerprint density at radius 3 is 2.40 bits per heavy atom. The average molecular weight is 472 g/mol. The summed E-state index contributed by atoms with van der Waals surface area (Å²) in [5, 5.41) is 3.62. The maximum absolute atomic E-state index is 12.2. The number of rotatable bonds is 5. The van der Waals surface area contributed by atoms with Crippen LogP contribution in [0.15, 0.2) is 71.6 Å². The van der Waals surface area contributed by atoms with Gasteiger partial charge in [0.1, 0.15) is 16.7 Å². The largest absolute Gasteiger partial charge is 0.488 e. The minimum Gasteiger partial charge on any atom is -0.488 e. The second kappa shape index (κ2) is 9.23. The molecule has 1 aliphatic rings. The van der Waals surface area contributed by atoms with Crippen LogP contribution < -0.4 is 10.1 Å². The van der Waals surface area contributed by atoms with E-state index in [2.05, 4.69) is 5.32 Å². The van der Waals surface area contributed by atoms with Crippen LogP contribution in [-0.4, -0.2) is 10.2 Å². The van der Waals surface area contributed by atoms with Crippen molar-refractivity contribution in [2.45, 2.75) is 6.61 Å². The number of hydrogen-bond acceptors (Lipinski definition) is 4. The van der Waals surface area contributed by atoms with Crippen LogP contribution in [-0.2, 0) is 11.4 Å². The van der Waals surface area contributed by atoms with Crippen molar-refractivity contribution in [3.8, 4) is 16.9 Å². The van der Waals surface area contributed by atoms with E-state index in [1.807, 2.05) is 60.7 Å². The quantitative estimate of drug-likeness (QED) is 0.330. The Hall–Kier alpha value is -2.31. The molecule has 0 saturated carbocycles. The molecule has 1 aliphatic heterocycles. The van der Waals surface area contributed by atoms with E-state index in [4.69, 9.17) is 40.2 Å². The summed E-state index contributed by atoms with van der Waals surface area (Å²) in [7, 11) is 0. The van der Waals surface area contributed by atoms with Crippen molar-refractivity contribution in [1.29, 1.82) is 0 Å². The predicted molar refractivity (Wildman–Crippen MR) is 129 cm³/mol. The molecule has 4 rings (SSSR count). The smallest absolute Gasteiger partial charge is 0.263 e. The zero-order valence-corrected chi connectivity index (χ0v) is 18.7. The summed E-state index contributed by atoms with van der Waals surface area (Å²) in [5.41, 5.74) is 3.67. The van der Waals surface area contributed by atoms with E-state index in [9.17, 15) is 4.79 Å². The SMILES string of the molecule is O=C1NC(=S)SC1=Cc1cc(-c2ccc(Cl)c(Cl)c2)ccc1OCc1ccccc1. The predicted octanol–water partition coefficient (Wildman–Crippen LogP) is 6.73. The molecule has 150 valence electrons. The van der Waals surface area contributed by atoms with Gasteiger partial charge in [-0.1, -0.05) is 89.6 Å². The Kier molecular flexibility index (Phi) is 6.44. The molecule has 0 unspecified atom stereocenters. The van der Waals surface area contributed by atoms with Crippen LogP contribution in [0, 0.1) is 0 Å². The fourth-order valence-corrected chi connectivity index (χ4v) is 4.28. The third-order valence-corrected chi connectivity index (χ3v) is 6.33. The first-order valence-electron chi connectivity index (χ1n) is 9.00. The lowest BCUT2D eigenvalue weighted by Gasteiger charge is -2.12. The summed E-state index contributed by atoms with van der Waals surface area (Å²) in [5.74, 6) is 0.459. The van der Waals surface area contributed by atoms with E-state index >= 15 is 0 Å². The van der Waals surface area contributed by atoms with E-state index in [0.717, 1.165) is 22.3 Å². The molecule has 0 atom stereocenters. The molecule has 0 aromatic heterocycles. The number of nitrogens with one attached hydrogen (secondary N) is 1. The lowest BCUT2D eigenvalue weighted by Crippen LogP contribution is -2.17. The van der Waals surface area contributed by atoms with E-state index < -0.39 is 0 Å². The van der Waals surface area contributed by atoms with Gasteiger partial charge in [0.15, 0.2) is 0 Å². The Labute approximate surface area is 194 Å². The molecule has 0 spiro atoms. The Bertz CT molecular complexity index is 1160. The zero-order valence-electron chi connectivity index (χ0n) is 15.5. The lowest BCUT2D eigenvalue weighted by atomic mass is 10.0. The standard InChI is InChI=1S/C23H15Cl2NO2S2/c24-18-8-6-16(11-19(18)25)15-7-9-20(28-13-14-4-2-1-3-5-14)17(10-15)12-21-22(27)26-23(29)30-21/h1-12H,13H2,(H,26,27,29). The Morgan fingerprint density at radius 1 is 0.967 bits per heavy atom. The molecule has 3 aromatic rings. The molecular weight excluding hydrogens is 457 g/mol. The highest BCUT2D eigenvalue weighted by atomic mass is 35.5. The van der Waals surface area contributed by atoms with Gasteiger partial charge in [0.05, 0.1) is 15.0 Å². The van der Waals surface area contributed by atoms with Crippen LogP contribution in [0.1, 0.15) is 11.1 Å². The highest BCUT2D eigenvalue weighted by Crippen LogP contribution is 2.34. The summed E-state index contributed by atoms with van der Waals surface area (Å²) in [6.45, 7) is 0.418. The number of hydrogen-bond donors (Lipinski definition) is 1. The van der Waals surface area contributed by atoms with Crippen LogP contribution in [0.3, 0.4) is 0 Å². The zero-order chi connectivity index (χ0) is 21.1. The number of amides is 1. The van der Waals surface area contributed by atoms with Crippen LogP contribution in [0.4, 0.5) is 0 Å². The molecule has 1 amide bonds. The molecule has 1 fully saturated rings. The molecule has 7 heteroatoms. The van der Waals surface area contributed by atoms with Gasteiger partial charge in [0.2, 0.25) is 0 Å². The van der Waals surface area contributed by atoms with Crippen LogP contribution in [0.25, 0.3) is 17.2 Å². The fraction of sp³-hybridized carbons (Fsp3) is 0.0435. The minimum atomic E-state index is -0.209. The molecule has 0 bridgehead atoms. The monoisotopic (exact) mass is 471 g/mol. The first-order chi connectivity index (χ1) is 14.5. The maximum atomic E-state index is 12.2. The van der Waals surface area contributed by atoms with Gasteiger partial charge >= 0.3 is 0 Å². The van der Waals surface area contributed by atoms with Crippen LogP contribution in [0.5, 0.6) is 5.75 Å². The summed E-state index contributed by atoms with van der Waals surface area (Å²) in [6, 6.07) is 21.2. The van der Waals surface area contributed by atoms with Crippen molar-refractivity contribution in [2.24, 2.45) is 0 Å². The van der Waals surface area contributed by atoms with Crippen molar-refractivity contribution >= 4 is 63.5 Å². The van der Waals surface area contributed by atoms with Crippen LogP contribution >= 0.6 is 47.2 Å². The number of benzene rings is 3. The average Bonchev–Trinajstić information content (AvgIpc) is 3.06. The van der Waals surface area contributed by atoms with Crippen molar-refractivity contribution in [3.05, 3.63) is 92.8 Å². The first kappa shape index (κ1) is 20.9. The molecule has 3 aromatic carbocycles. The van der Waals surface area contributed by atoms with Gasteiger partial charge in [0, 0.05) is 5.56 Å². The van der Waals surface area contributed by atoms with Gasteiger partial charge in [-0.15, -0.1) is 0 Å². The molecular formula is C23H15Cl2NO2S2. The third-order valence-electron chi connectivity index (χ3n) is 4.43. The molecule has 1 N–H and O–H groups in total. The second-order valence-corrected chi connectivity index (χ2v) is 9.04. The van der Waals surface area contributed by atoms with E-state index in [0.29, 0.717) is 31.6 Å². The maximum Gasteiger partial charge on any atom is 0.263 e.